The van der Waals surface area contributed by atoms with E-state index >= 15 is 0 Å². The van der Waals surface area contributed by atoms with Crippen LogP contribution in [0.4, 0.5) is 0 Å². The van der Waals surface area contributed by atoms with Gasteiger partial charge in [-0.2, -0.15) is 0 Å². The number of ether oxygens (including phenoxy) is 2. The lowest BCUT2D eigenvalue weighted by atomic mass is 9.96. The maximum Gasteiger partial charge on any atom is 0.356 e. The van der Waals surface area contributed by atoms with Crippen molar-refractivity contribution in [2.24, 2.45) is 0 Å². The number of hydrogen-bond acceptors (Lipinski definition) is 4. The van der Waals surface area contributed by atoms with Crippen molar-refractivity contribution in [3.05, 3.63) is 83.5 Å². The Morgan fingerprint density at radius 3 is 2.59 bits per heavy atom. The lowest BCUT2D eigenvalue weighted by Crippen LogP contribution is -2.07. The number of benzene rings is 2. The van der Waals surface area contributed by atoms with Gasteiger partial charge in [-0.05, 0) is 49.7 Å². The summed E-state index contributed by atoms with van der Waals surface area (Å²) in [5.41, 5.74) is 3.59. The van der Waals surface area contributed by atoms with Crippen molar-refractivity contribution < 1.29 is 14.3 Å². The molecule has 3 rings (SSSR count). The summed E-state index contributed by atoms with van der Waals surface area (Å²) < 4.78 is 11.0. The standard InChI is InChI=1S/C24H22ClNO3/c1-3-5-15-29-23-14-13-17(25)16-20(23)18-9-6-7-10-19(18)21-11-8-12-22(26-21)24(27)28-4-2/h3,5-14,16H,4,15H2,1-2H3/b5-3+. The SMILES string of the molecule is C/C=C/COc1ccc(Cl)cc1-c1ccccc1-c1cccc(C(=O)OCC)n1. The third-order valence-corrected chi connectivity index (χ3v) is 4.47. The van der Waals surface area contributed by atoms with Crippen LogP contribution in [0.5, 0.6) is 5.75 Å². The van der Waals surface area contributed by atoms with Gasteiger partial charge in [-0.3, -0.25) is 0 Å². The van der Waals surface area contributed by atoms with Gasteiger partial charge >= 0.3 is 5.97 Å². The van der Waals surface area contributed by atoms with Crippen LogP contribution in [0.15, 0.2) is 72.8 Å². The lowest BCUT2D eigenvalue weighted by Gasteiger charge is -2.15. The molecule has 148 valence electrons. The number of aromatic nitrogens is 1. The largest absolute Gasteiger partial charge is 0.489 e. The molecule has 0 atom stereocenters. The number of carbonyl (C=O) groups excluding carboxylic acids is 1. The highest BCUT2D eigenvalue weighted by Gasteiger charge is 2.15. The van der Waals surface area contributed by atoms with E-state index in [1.54, 1.807) is 25.1 Å². The Bertz CT molecular complexity index is 1030. The zero-order valence-corrected chi connectivity index (χ0v) is 17.1. The summed E-state index contributed by atoms with van der Waals surface area (Å²) >= 11 is 6.28. The van der Waals surface area contributed by atoms with Gasteiger partial charge in [0.2, 0.25) is 0 Å². The molecule has 0 aliphatic heterocycles. The minimum absolute atomic E-state index is 0.273. The Morgan fingerprint density at radius 1 is 1.03 bits per heavy atom. The maximum atomic E-state index is 12.1. The molecule has 0 spiro atoms. The van der Waals surface area contributed by atoms with Crippen LogP contribution in [0.1, 0.15) is 24.3 Å². The first-order chi connectivity index (χ1) is 14.1. The molecule has 0 unspecified atom stereocenters. The van der Waals surface area contributed by atoms with E-state index in [2.05, 4.69) is 4.98 Å². The van der Waals surface area contributed by atoms with Crippen LogP contribution >= 0.6 is 11.6 Å². The Balaban J connectivity index is 2.08. The van der Waals surface area contributed by atoms with Crippen LogP contribution in [0.3, 0.4) is 0 Å². The van der Waals surface area contributed by atoms with E-state index < -0.39 is 5.97 Å². The minimum Gasteiger partial charge on any atom is -0.489 e. The molecule has 0 amide bonds. The van der Waals surface area contributed by atoms with Gasteiger partial charge in [-0.1, -0.05) is 54.1 Å². The van der Waals surface area contributed by atoms with Crippen LogP contribution in [0.25, 0.3) is 22.4 Å². The van der Waals surface area contributed by atoms with E-state index in [0.29, 0.717) is 23.9 Å². The second kappa shape index (κ2) is 9.89. The number of pyridine rings is 1. The van der Waals surface area contributed by atoms with Gasteiger partial charge in [0.05, 0.1) is 12.3 Å². The van der Waals surface area contributed by atoms with E-state index in [1.807, 2.05) is 61.5 Å². The topological polar surface area (TPSA) is 48.4 Å². The first-order valence-corrected chi connectivity index (χ1v) is 9.79. The minimum atomic E-state index is -0.440. The summed E-state index contributed by atoms with van der Waals surface area (Å²) in [6, 6.07) is 18.7. The third-order valence-electron chi connectivity index (χ3n) is 4.24. The van der Waals surface area contributed by atoms with E-state index in [4.69, 9.17) is 21.1 Å². The molecule has 0 aliphatic rings. The van der Waals surface area contributed by atoms with Crippen LogP contribution in [0.2, 0.25) is 5.02 Å². The molecule has 0 saturated carbocycles. The summed E-state index contributed by atoms with van der Waals surface area (Å²) in [6.45, 7) is 4.48. The van der Waals surface area contributed by atoms with Crippen molar-refractivity contribution in [3.8, 4) is 28.1 Å². The molecule has 2 aromatic carbocycles. The molecule has 0 radical (unpaired) electrons. The number of esters is 1. The molecule has 0 aliphatic carbocycles. The predicted molar refractivity (Wildman–Crippen MR) is 116 cm³/mol. The quantitative estimate of drug-likeness (QED) is 0.345. The van der Waals surface area contributed by atoms with Gasteiger partial charge in [-0.15, -0.1) is 0 Å². The molecular weight excluding hydrogens is 386 g/mol. The Labute approximate surface area is 175 Å². The summed E-state index contributed by atoms with van der Waals surface area (Å²) in [7, 11) is 0. The third kappa shape index (κ3) is 5.04. The van der Waals surface area contributed by atoms with Crippen LogP contribution in [-0.2, 0) is 4.74 Å². The zero-order chi connectivity index (χ0) is 20.6. The van der Waals surface area contributed by atoms with E-state index in [9.17, 15) is 4.79 Å². The second-order valence-corrected chi connectivity index (χ2v) is 6.63. The van der Waals surface area contributed by atoms with Crippen molar-refractivity contribution in [3.63, 3.8) is 0 Å². The average molecular weight is 408 g/mol. The molecule has 1 heterocycles. The van der Waals surface area contributed by atoms with Gasteiger partial charge in [0.15, 0.2) is 0 Å². The number of rotatable bonds is 7. The molecule has 4 nitrogen and oxygen atoms in total. The number of allylic oxidation sites excluding steroid dienone is 1. The monoisotopic (exact) mass is 407 g/mol. The average Bonchev–Trinajstić information content (AvgIpc) is 2.75. The Hall–Kier alpha value is -3.11. The molecule has 0 bridgehead atoms. The highest BCUT2D eigenvalue weighted by Crippen LogP contribution is 2.38. The predicted octanol–water partition coefficient (Wildman–Crippen LogP) is 6.20. The van der Waals surface area contributed by atoms with E-state index in [1.165, 1.54) is 0 Å². The van der Waals surface area contributed by atoms with Gasteiger partial charge in [-0.25, -0.2) is 9.78 Å². The van der Waals surface area contributed by atoms with Crippen LogP contribution in [0, 0.1) is 0 Å². The second-order valence-electron chi connectivity index (χ2n) is 6.19. The Morgan fingerprint density at radius 2 is 1.83 bits per heavy atom. The number of nitrogens with zero attached hydrogens (tertiary/aromatic N) is 1. The number of hydrogen-bond donors (Lipinski definition) is 0. The van der Waals surface area contributed by atoms with E-state index in [0.717, 1.165) is 22.4 Å². The zero-order valence-electron chi connectivity index (χ0n) is 16.4. The molecule has 3 aromatic rings. The summed E-state index contributed by atoms with van der Waals surface area (Å²) in [6.07, 6.45) is 3.88. The fourth-order valence-electron chi connectivity index (χ4n) is 2.92. The molecule has 1 aromatic heterocycles. The van der Waals surface area contributed by atoms with Crippen LogP contribution in [-0.4, -0.2) is 24.2 Å². The van der Waals surface area contributed by atoms with Crippen molar-refractivity contribution >= 4 is 17.6 Å². The molecule has 5 heteroatoms. The lowest BCUT2D eigenvalue weighted by molar-refractivity contribution is 0.0519. The normalized spacial score (nSPS) is 10.9. The number of carbonyl (C=O) groups is 1. The van der Waals surface area contributed by atoms with Crippen molar-refractivity contribution in [1.29, 1.82) is 0 Å². The van der Waals surface area contributed by atoms with Gasteiger partial charge in [0.1, 0.15) is 18.1 Å². The highest BCUT2D eigenvalue weighted by atomic mass is 35.5. The first kappa shape index (κ1) is 20.6. The van der Waals surface area contributed by atoms with E-state index in [-0.39, 0.29) is 5.69 Å². The number of halogens is 1. The Kier molecular flexibility index (Phi) is 7.04. The van der Waals surface area contributed by atoms with Crippen molar-refractivity contribution in [2.75, 3.05) is 13.2 Å². The van der Waals surface area contributed by atoms with Gasteiger partial charge in [0.25, 0.3) is 0 Å². The molecular formula is C24H22ClNO3. The maximum absolute atomic E-state index is 12.1. The molecule has 0 N–H and O–H groups in total. The fraction of sp³-hybridized carbons (Fsp3) is 0.167. The summed E-state index contributed by atoms with van der Waals surface area (Å²) in [5, 5.41) is 0.612. The summed E-state index contributed by atoms with van der Waals surface area (Å²) in [5.74, 6) is 0.284. The van der Waals surface area contributed by atoms with Crippen LogP contribution < -0.4 is 4.74 Å². The highest BCUT2D eigenvalue weighted by molar-refractivity contribution is 6.31. The smallest absolute Gasteiger partial charge is 0.356 e. The first-order valence-electron chi connectivity index (χ1n) is 9.41. The van der Waals surface area contributed by atoms with Gasteiger partial charge < -0.3 is 9.47 Å². The summed E-state index contributed by atoms with van der Waals surface area (Å²) in [4.78, 5) is 16.6. The fourth-order valence-corrected chi connectivity index (χ4v) is 3.09. The van der Waals surface area contributed by atoms with Gasteiger partial charge in [0, 0.05) is 16.1 Å². The molecule has 0 fully saturated rings. The van der Waals surface area contributed by atoms with Crippen molar-refractivity contribution in [2.45, 2.75) is 13.8 Å². The molecule has 29 heavy (non-hydrogen) atoms. The van der Waals surface area contributed by atoms with Crippen molar-refractivity contribution in [1.82, 2.24) is 4.98 Å². The molecule has 0 saturated heterocycles.